The molecule has 0 radical (unpaired) electrons. The van der Waals surface area contributed by atoms with Gasteiger partial charge in [-0.1, -0.05) is 11.6 Å². The van der Waals surface area contributed by atoms with Gasteiger partial charge in [0.1, 0.15) is 27.2 Å². The Kier molecular flexibility index (Phi) is 11.1. The molecule has 2 aromatic heterocycles. The van der Waals surface area contributed by atoms with Crippen LogP contribution in [0.5, 0.6) is 0 Å². The van der Waals surface area contributed by atoms with E-state index in [2.05, 4.69) is 25.5 Å². The van der Waals surface area contributed by atoms with Crippen molar-refractivity contribution in [3.63, 3.8) is 0 Å². The number of aromatic nitrogens is 4. The number of hydrogen-bond acceptors (Lipinski definition) is 12. The van der Waals surface area contributed by atoms with Crippen LogP contribution in [-0.2, 0) is 43.9 Å². The van der Waals surface area contributed by atoms with Crippen molar-refractivity contribution in [2.45, 2.75) is 60.4 Å². The molecule has 0 bridgehead atoms. The molecule has 7 heterocycles. The van der Waals surface area contributed by atoms with Crippen molar-refractivity contribution in [2.24, 2.45) is 0 Å². The zero-order chi connectivity index (χ0) is 33.9. The largest absolute Gasteiger partial charge is 0.381 e. The van der Waals surface area contributed by atoms with E-state index >= 15 is 0 Å². The molecule has 264 valence electrons. The lowest BCUT2D eigenvalue weighted by atomic mass is 10.1. The number of nitrogens with zero attached hydrogens (tertiary/aromatic N) is 6. The highest BCUT2D eigenvalue weighted by atomic mass is 35.5. The SMILES string of the molecule is O=S1CCc2nc(Cl)nc(NC3CCOCC3)c21.O=S1CCc2nc(N3CCN(c4ccc(Cl)cc4F)CC3)nc(NC3CCOCC3)c21. The fraction of sp³-hybridized carbons (Fsp3) is 0.562. The average molecular weight is 754 g/mol. The lowest BCUT2D eigenvalue weighted by Gasteiger charge is -2.36. The van der Waals surface area contributed by atoms with Gasteiger partial charge in [-0.25, -0.2) is 14.4 Å². The molecule has 0 aliphatic carbocycles. The minimum atomic E-state index is -1.06. The Labute approximate surface area is 299 Å². The van der Waals surface area contributed by atoms with Gasteiger partial charge in [0.15, 0.2) is 0 Å². The van der Waals surface area contributed by atoms with Gasteiger partial charge < -0.3 is 29.9 Å². The number of halogens is 3. The number of hydrogen-bond donors (Lipinski definition) is 2. The highest BCUT2D eigenvalue weighted by Gasteiger charge is 2.30. The van der Waals surface area contributed by atoms with Crippen LogP contribution >= 0.6 is 23.2 Å². The molecule has 5 aliphatic heterocycles. The summed E-state index contributed by atoms with van der Waals surface area (Å²) < 4.78 is 49.6. The molecule has 3 aromatic rings. The zero-order valence-corrected chi connectivity index (χ0v) is 30.1. The molecule has 5 aliphatic rings. The third-order valence-corrected chi connectivity index (χ3v) is 12.6. The molecule has 0 amide bonds. The molecule has 1 aromatic carbocycles. The molecule has 3 fully saturated rings. The lowest BCUT2D eigenvalue weighted by Crippen LogP contribution is -2.47. The second kappa shape index (κ2) is 15.7. The van der Waals surface area contributed by atoms with Gasteiger partial charge in [0.25, 0.3) is 0 Å². The normalized spacial score (nSPS) is 22.7. The van der Waals surface area contributed by atoms with Crippen LogP contribution in [0.1, 0.15) is 37.1 Å². The summed E-state index contributed by atoms with van der Waals surface area (Å²) in [4.78, 5) is 23.6. The third kappa shape index (κ3) is 8.12. The Balaban J connectivity index is 0.000000178. The van der Waals surface area contributed by atoms with Gasteiger partial charge in [0.05, 0.1) is 38.7 Å². The van der Waals surface area contributed by atoms with Crippen molar-refractivity contribution in [2.75, 3.05) is 84.5 Å². The first-order valence-corrected chi connectivity index (χ1v) is 20.1. The second-order valence-corrected chi connectivity index (χ2v) is 16.3. The van der Waals surface area contributed by atoms with Crippen LogP contribution in [0.3, 0.4) is 0 Å². The van der Waals surface area contributed by atoms with Crippen LogP contribution in [0.2, 0.25) is 10.3 Å². The molecular weight excluding hydrogens is 714 g/mol. The Bertz CT molecular complexity index is 1720. The minimum absolute atomic E-state index is 0.224. The van der Waals surface area contributed by atoms with Crippen molar-refractivity contribution >= 4 is 68.1 Å². The molecule has 2 unspecified atom stereocenters. The Morgan fingerprint density at radius 1 is 0.735 bits per heavy atom. The summed E-state index contributed by atoms with van der Waals surface area (Å²) in [5, 5.41) is 7.48. The van der Waals surface area contributed by atoms with Crippen molar-refractivity contribution in [1.82, 2.24) is 19.9 Å². The monoisotopic (exact) mass is 752 g/mol. The quantitative estimate of drug-likeness (QED) is 0.349. The highest BCUT2D eigenvalue weighted by Crippen LogP contribution is 2.33. The number of piperazine rings is 1. The van der Waals surface area contributed by atoms with Crippen LogP contribution < -0.4 is 20.4 Å². The van der Waals surface area contributed by atoms with Gasteiger partial charge in [-0.15, -0.1) is 0 Å². The van der Waals surface area contributed by atoms with E-state index in [1.807, 2.05) is 4.90 Å². The fourth-order valence-electron chi connectivity index (χ4n) is 6.64. The predicted molar refractivity (Wildman–Crippen MR) is 190 cm³/mol. The van der Waals surface area contributed by atoms with Gasteiger partial charge in [-0.3, -0.25) is 8.42 Å². The van der Waals surface area contributed by atoms with E-state index in [1.54, 1.807) is 12.1 Å². The van der Waals surface area contributed by atoms with E-state index < -0.39 is 21.6 Å². The lowest BCUT2D eigenvalue weighted by molar-refractivity contribution is 0.0902. The van der Waals surface area contributed by atoms with E-state index in [1.165, 1.54) is 6.07 Å². The Morgan fingerprint density at radius 2 is 1.27 bits per heavy atom. The summed E-state index contributed by atoms with van der Waals surface area (Å²) in [5.74, 6) is 2.91. The molecule has 17 heteroatoms. The van der Waals surface area contributed by atoms with Crippen molar-refractivity contribution in [1.29, 1.82) is 0 Å². The van der Waals surface area contributed by atoms with Gasteiger partial charge in [-0.2, -0.15) is 9.97 Å². The van der Waals surface area contributed by atoms with E-state index in [9.17, 15) is 12.8 Å². The Hall–Kier alpha value is -2.69. The summed E-state index contributed by atoms with van der Waals surface area (Å²) in [6.45, 7) is 5.64. The molecule has 2 atom stereocenters. The van der Waals surface area contributed by atoms with Gasteiger partial charge in [-0.05, 0) is 55.5 Å². The standard InChI is InChI=1S/C21H25ClFN5O2S.C11H14ClN3O2S/c22-14-1-2-18(16(23)13-14)27-6-8-28(9-7-27)21-25-17-5-12-31(29)19(17)20(26-21)24-15-3-10-30-11-4-15;12-11-14-8-3-6-18(16)9(8)10(15-11)13-7-1-4-17-5-2-7/h1-2,13,15H,3-12H2,(H,24,25,26);7H,1-6H2,(H,13,14,15). The van der Waals surface area contributed by atoms with Crippen molar-refractivity contribution in [3.8, 4) is 0 Å². The maximum absolute atomic E-state index is 14.3. The molecular formula is C32H39Cl2FN8O4S2. The summed E-state index contributed by atoms with van der Waals surface area (Å²) >= 11 is 11.8. The number of rotatable bonds is 6. The Morgan fingerprint density at radius 3 is 1.84 bits per heavy atom. The first kappa shape index (κ1) is 34.7. The number of aryl methyl sites for hydroxylation is 2. The predicted octanol–water partition coefficient (Wildman–Crippen LogP) is 4.23. The molecule has 3 saturated heterocycles. The average Bonchev–Trinajstić information content (AvgIpc) is 3.67. The van der Waals surface area contributed by atoms with Crippen LogP contribution in [0.25, 0.3) is 0 Å². The summed E-state index contributed by atoms with van der Waals surface area (Å²) in [5.41, 5.74) is 2.27. The van der Waals surface area contributed by atoms with Gasteiger partial charge in [0, 0.05) is 94.1 Å². The molecule has 8 rings (SSSR count). The first-order chi connectivity index (χ1) is 23.8. The third-order valence-electron chi connectivity index (χ3n) is 9.27. The molecule has 0 saturated carbocycles. The number of nitrogens with one attached hydrogen (secondary N) is 2. The maximum atomic E-state index is 14.3. The van der Waals surface area contributed by atoms with E-state index in [0.29, 0.717) is 84.9 Å². The van der Waals surface area contributed by atoms with E-state index in [0.717, 1.165) is 73.3 Å². The summed E-state index contributed by atoms with van der Waals surface area (Å²) in [7, 11) is -2.06. The van der Waals surface area contributed by atoms with Gasteiger partial charge in [0.2, 0.25) is 11.2 Å². The topological polar surface area (TPSA) is 135 Å². The molecule has 49 heavy (non-hydrogen) atoms. The smallest absolute Gasteiger partial charge is 0.227 e. The van der Waals surface area contributed by atoms with Crippen molar-refractivity contribution in [3.05, 3.63) is 45.7 Å². The van der Waals surface area contributed by atoms with Crippen molar-refractivity contribution < 1.29 is 22.3 Å². The number of ether oxygens (including phenoxy) is 2. The first-order valence-electron chi connectivity index (χ1n) is 16.7. The van der Waals surface area contributed by atoms with E-state index in [-0.39, 0.29) is 17.1 Å². The number of benzene rings is 1. The number of fused-ring (bicyclic) bond motifs is 2. The van der Waals surface area contributed by atoms with Gasteiger partial charge >= 0.3 is 0 Å². The minimum Gasteiger partial charge on any atom is -0.381 e. The van der Waals surface area contributed by atoms with Crippen LogP contribution in [0.4, 0.5) is 27.7 Å². The summed E-state index contributed by atoms with van der Waals surface area (Å²) in [6, 6.07) is 5.37. The second-order valence-electron chi connectivity index (χ2n) is 12.5. The molecule has 0 spiro atoms. The van der Waals surface area contributed by atoms with E-state index in [4.69, 9.17) is 42.6 Å². The molecule has 12 nitrogen and oxygen atoms in total. The molecule has 2 N–H and O–H groups in total. The summed E-state index contributed by atoms with van der Waals surface area (Å²) in [6.07, 6.45) is 5.10. The number of anilines is 4. The fourth-order valence-corrected chi connectivity index (χ4v) is 9.62. The zero-order valence-electron chi connectivity index (χ0n) is 27.0. The highest BCUT2D eigenvalue weighted by molar-refractivity contribution is 7.85. The van der Waals surface area contributed by atoms with Crippen LogP contribution in [0, 0.1) is 5.82 Å². The van der Waals surface area contributed by atoms with Crippen LogP contribution in [0.15, 0.2) is 28.0 Å². The van der Waals surface area contributed by atoms with Crippen LogP contribution in [-0.4, -0.2) is 105 Å². The maximum Gasteiger partial charge on any atom is 0.227 e.